The molecule has 0 heterocycles. The van der Waals surface area contributed by atoms with Gasteiger partial charge in [0.2, 0.25) is 10.0 Å². The summed E-state index contributed by atoms with van der Waals surface area (Å²) >= 11 is -1.71. The smallest absolute Gasteiger partial charge is 0.241 e. The molecule has 1 aliphatic rings. The Balaban J connectivity index is 1.66. The first-order valence-corrected chi connectivity index (χ1v) is 13.0. The van der Waals surface area contributed by atoms with Crippen LogP contribution in [0.15, 0.2) is 70.5 Å². The van der Waals surface area contributed by atoms with Gasteiger partial charge in [-0.15, -0.1) is 0 Å². The first-order chi connectivity index (χ1) is 15.2. The normalized spacial score (nSPS) is 19.0. The molecule has 32 heavy (non-hydrogen) atoms. The van der Waals surface area contributed by atoms with Crippen molar-refractivity contribution in [3.8, 4) is 0 Å². The summed E-state index contributed by atoms with van der Waals surface area (Å²) in [5.41, 5.74) is 5.31. The van der Waals surface area contributed by atoms with Crippen molar-refractivity contribution in [1.82, 2.24) is 4.72 Å². The predicted molar refractivity (Wildman–Crippen MR) is 126 cm³/mol. The topological polar surface area (TPSA) is 72.5 Å². The molecule has 7 heteroatoms. The van der Waals surface area contributed by atoms with Gasteiger partial charge in [0.15, 0.2) is 11.1 Å². The lowest BCUT2D eigenvalue weighted by atomic mass is 10.1. The van der Waals surface area contributed by atoms with Gasteiger partial charge in [-0.05, 0) is 62.1 Å². The van der Waals surface area contributed by atoms with E-state index in [1.807, 2.05) is 62.4 Å². The number of hydrogen-bond donors (Lipinski definition) is 1. The standard InChI is InChI=1S/C25H27NO4S2/c1-16-9-11-21(12-10-16)31(27)30-23-15-20-7-5-6-8-22(20)24(23)26-32(28,29)25-18(3)13-17(2)14-19(25)4/h5-14,23-24,26H,15H2,1-4H3/t23-,24+,31-/m0/s1. The van der Waals surface area contributed by atoms with E-state index in [-0.39, 0.29) is 4.90 Å². The minimum Gasteiger partial charge on any atom is -0.281 e. The summed E-state index contributed by atoms with van der Waals surface area (Å²) in [6, 6.07) is 18.0. The number of hydrogen-bond acceptors (Lipinski definition) is 4. The molecule has 0 spiro atoms. The number of benzene rings is 3. The van der Waals surface area contributed by atoms with Crippen molar-refractivity contribution in [2.45, 2.75) is 56.1 Å². The van der Waals surface area contributed by atoms with Crippen molar-refractivity contribution in [2.75, 3.05) is 0 Å². The fourth-order valence-electron chi connectivity index (χ4n) is 4.42. The quantitative estimate of drug-likeness (QED) is 0.573. The molecule has 0 aromatic heterocycles. The van der Waals surface area contributed by atoms with E-state index < -0.39 is 33.2 Å². The van der Waals surface area contributed by atoms with Crippen LogP contribution in [0.3, 0.4) is 0 Å². The van der Waals surface area contributed by atoms with Crippen LogP contribution in [-0.4, -0.2) is 18.7 Å². The monoisotopic (exact) mass is 469 g/mol. The van der Waals surface area contributed by atoms with Crippen molar-refractivity contribution in [3.63, 3.8) is 0 Å². The highest BCUT2D eigenvalue weighted by atomic mass is 32.2. The summed E-state index contributed by atoms with van der Waals surface area (Å²) in [7, 11) is -3.83. The molecule has 0 unspecified atom stereocenters. The van der Waals surface area contributed by atoms with Gasteiger partial charge >= 0.3 is 0 Å². The van der Waals surface area contributed by atoms with Crippen molar-refractivity contribution in [3.05, 3.63) is 94.0 Å². The van der Waals surface area contributed by atoms with Crippen molar-refractivity contribution >= 4 is 21.1 Å². The zero-order valence-electron chi connectivity index (χ0n) is 18.6. The van der Waals surface area contributed by atoms with Crippen LogP contribution in [0.5, 0.6) is 0 Å². The molecule has 0 amide bonds. The second-order valence-corrected chi connectivity index (χ2v) is 11.2. The highest BCUT2D eigenvalue weighted by Crippen LogP contribution is 2.36. The fraction of sp³-hybridized carbons (Fsp3) is 0.280. The summed E-state index contributed by atoms with van der Waals surface area (Å²) in [6.07, 6.45) is -0.109. The molecule has 3 atom stereocenters. The second kappa shape index (κ2) is 8.90. The fourth-order valence-corrected chi connectivity index (χ4v) is 6.99. The van der Waals surface area contributed by atoms with Gasteiger partial charge in [-0.1, -0.05) is 59.7 Å². The minimum absolute atomic E-state index is 0.283. The van der Waals surface area contributed by atoms with Gasteiger partial charge in [0.1, 0.15) is 0 Å². The molecule has 1 N–H and O–H groups in total. The first-order valence-electron chi connectivity index (χ1n) is 10.5. The van der Waals surface area contributed by atoms with E-state index in [2.05, 4.69) is 4.72 Å². The number of rotatable bonds is 6. The highest BCUT2D eigenvalue weighted by Gasteiger charge is 2.38. The maximum absolute atomic E-state index is 13.4. The maximum Gasteiger partial charge on any atom is 0.241 e. The van der Waals surface area contributed by atoms with E-state index in [0.29, 0.717) is 22.4 Å². The molecule has 0 saturated heterocycles. The Morgan fingerprint density at radius 1 is 0.906 bits per heavy atom. The second-order valence-electron chi connectivity index (χ2n) is 8.41. The molecule has 5 nitrogen and oxygen atoms in total. The van der Waals surface area contributed by atoms with Gasteiger partial charge < -0.3 is 0 Å². The van der Waals surface area contributed by atoms with Crippen LogP contribution in [0.1, 0.15) is 39.4 Å². The summed E-state index contributed by atoms with van der Waals surface area (Å²) in [6.45, 7) is 7.51. The molecule has 0 fully saturated rings. The third kappa shape index (κ3) is 4.57. The van der Waals surface area contributed by atoms with Crippen LogP contribution in [-0.2, 0) is 31.7 Å². The van der Waals surface area contributed by atoms with Gasteiger partial charge in [-0.2, -0.15) is 0 Å². The van der Waals surface area contributed by atoms with Crippen LogP contribution in [0, 0.1) is 27.7 Å². The minimum atomic E-state index is -3.83. The lowest BCUT2D eigenvalue weighted by Crippen LogP contribution is -2.36. The van der Waals surface area contributed by atoms with E-state index in [1.54, 1.807) is 26.0 Å². The first kappa shape index (κ1) is 22.9. The number of nitrogens with one attached hydrogen (secondary N) is 1. The van der Waals surface area contributed by atoms with E-state index in [4.69, 9.17) is 4.18 Å². The molecule has 4 rings (SSSR count). The van der Waals surface area contributed by atoms with Gasteiger partial charge in [0.25, 0.3) is 0 Å². The van der Waals surface area contributed by atoms with Gasteiger partial charge in [0.05, 0.1) is 21.9 Å². The number of aryl methyl sites for hydroxylation is 4. The van der Waals surface area contributed by atoms with Crippen LogP contribution in [0.2, 0.25) is 0 Å². The van der Waals surface area contributed by atoms with E-state index in [0.717, 1.165) is 22.3 Å². The molecule has 0 bridgehead atoms. The third-order valence-electron chi connectivity index (χ3n) is 5.76. The molecule has 1 aliphatic carbocycles. The van der Waals surface area contributed by atoms with Gasteiger partial charge in [0, 0.05) is 6.42 Å². The Kier molecular flexibility index (Phi) is 6.36. The lowest BCUT2D eigenvalue weighted by molar-refractivity contribution is 0.199. The average Bonchev–Trinajstić information content (AvgIpc) is 3.04. The van der Waals surface area contributed by atoms with E-state index in [1.165, 1.54) is 0 Å². The van der Waals surface area contributed by atoms with Crippen LogP contribution in [0.25, 0.3) is 0 Å². The zero-order valence-corrected chi connectivity index (χ0v) is 20.2. The summed E-state index contributed by atoms with van der Waals surface area (Å²) < 4.78 is 48.6. The Labute approximate surface area is 192 Å². The molecule has 0 radical (unpaired) electrons. The molecule has 0 saturated carbocycles. The number of sulfonamides is 1. The number of fused-ring (bicyclic) bond motifs is 1. The summed E-state index contributed by atoms with van der Waals surface area (Å²) in [5.74, 6) is 0. The summed E-state index contributed by atoms with van der Waals surface area (Å²) in [4.78, 5) is 0.837. The lowest BCUT2D eigenvalue weighted by Gasteiger charge is -2.23. The molecule has 3 aromatic carbocycles. The van der Waals surface area contributed by atoms with E-state index in [9.17, 15) is 12.6 Å². The Morgan fingerprint density at radius 3 is 2.19 bits per heavy atom. The molecule has 168 valence electrons. The van der Waals surface area contributed by atoms with Crippen LogP contribution >= 0.6 is 0 Å². The average molecular weight is 470 g/mol. The SMILES string of the molecule is Cc1ccc([S@@](=O)O[C@H]2Cc3ccccc3[C@H]2NS(=O)(=O)c2c(C)cc(C)cc2C)cc1. The third-order valence-corrected chi connectivity index (χ3v) is 8.59. The maximum atomic E-state index is 13.4. The zero-order chi connectivity index (χ0) is 23.0. The molecular formula is C25H27NO4S2. The van der Waals surface area contributed by atoms with Gasteiger partial charge in [-0.3, -0.25) is 4.18 Å². The summed E-state index contributed by atoms with van der Waals surface area (Å²) in [5, 5.41) is 0. The van der Waals surface area contributed by atoms with Crippen molar-refractivity contribution in [2.24, 2.45) is 0 Å². The molecule has 0 aliphatic heterocycles. The Bertz CT molecular complexity index is 1260. The molecular weight excluding hydrogens is 442 g/mol. The predicted octanol–water partition coefficient (Wildman–Crippen LogP) is 4.60. The van der Waals surface area contributed by atoms with Crippen LogP contribution < -0.4 is 4.72 Å². The Morgan fingerprint density at radius 2 is 1.53 bits per heavy atom. The Hall–Kier alpha value is -2.32. The molecule has 3 aromatic rings. The van der Waals surface area contributed by atoms with Crippen LogP contribution in [0.4, 0.5) is 0 Å². The van der Waals surface area contributed by atoms with Gasteiger partial charge in [-0.25, -0.2) is 17.3 Å². The van der Waals surface area contributed by atoms with Crippen molar-refractivity contribution in [1.29, 1.82) is 0 Å². The largest absolute Gasteiger partial charge is 0.281 e. The highest BCUT2D eigenvalue weighted by molar-refractivity contribution is 7.89. The van der Waals surface area contributed by atoms with Crippen molar-refractivity contribution < 1.29 is 16.8 Å². The van der Waals surface area contributed by atoms with E-state index >= 15 is 0 Å².